The van der Waals surface area contributed by atoms with Crippen molar-refractivity contribution < 1.29 is 0 Å². The smallest absolute Gasteiger partial charge is 0.136 e. The molecule has 0 aliphatic carbocycles. The number of allylic oxidation sites excluding steroid dienone is 1. The number of rotatable bonds is 1. The fourth-order valence-corrected chi connectivity index (χ4v) is 1.22. The van der Waals surface area contributed by atoms with Gasteiger partial charge in [-0.15, -0.1) is 0 Å². The van der Waals surface area contributed by atoms with Crippen molar-refractivity contribution in [3.05, 3.63) is 30.1 Å². The molecule has 1 aromatic rings. The van der Waals surface area contributed by atoms with E-state index in [1.54, 1.807) is 10.9 Å². The summed E-state index contributed by atoms with van der Waals surface area (Å²) in [5.74, 6) is 0. The third kappa shape index (κ3) is 1.72. The zero-order chi connectivity index (χ0) is 9.26. The topological polar surface area (TPSA) is 42.2 Å². The minimum absolute atomic E-state index is 0.208. The first-order valence-electron chi connectivity index (χ1n) is 3.90. The van der Waals surface area contributed by atoms with Crippen LogP contribution in [0.1, 0.15) is 5.56 Å². The van der Waals surface area contributed by atoms with E-state index in [1.165, 1.54) is 0 Å². The largest absolute Gasteiger partial charge is 0.288 e. The Morgan fingerprint density at radius 3 is 3.00 bits per heavy atom. The van der Waals surface area contributed by atoms with Crippen LogP contribution in [-0.2, 0) is 7.05 Å². The van der Waals surface area contributed by atoms with Gasteiger partial charge < -0.3 is 0 Å². The van der Waals surface area contributed by atoms with Crippen LogP contribution < -0.4 is 5.43 Å². The Kier molecular flexibility index (Phi) is 2.06. The van der Waals surface area contributed by atoms with Crippen molar-refractivity contribution in [1.82, 2.24) is 15.2 Å². The van der Waals surface area contributed by atoms with Gasteiger partial charge in [0.05, 0.1) is 11.9 Å². The van der Waals surface area contributed by atoms with E-state index in [0.29, 0.717) is 0 Å². The lowest BCUT2D eigenvalue weighted by atomic mass is 10.2. The Balaban J connectivity index is 2.24. The average molecular weight is 197 g/mol. The summed E-state index contributed by atoms with van der Waals surface area (Å²) in [6.07, 6.45) is 7.39. The number of aromatic nitrogens is 2. The van der Waals surface area contributed by atoms with Gasteiger partial charge in [0.15, 0.2) is 0 Å². The number of alkyl halides is 1. The highest BCUT2D eigenvalue weighted by molar-refractivity contribution is 6.22. The first-order chi connectivity index (χ1) is 6.25. The Hall–Kier alpha value is -1.29. The van der Waals surface area contributed by atoms with Crippen molar-refractivity contribution in [3.8, 4) is 0 Å². The van der Waals surface area contributed by atoms with Gasteiger partial charge in [-0.25, -0.2) is 0 Å². The van der Waals surface area contributed by atoms with Crippen LogP contribution in [0.5, 0.6) is 0 Å². The van der Waals surface area contributed by atoms with Gasteiger partial charge in [0.25, 0.3) is 0 Å². The Labute approximate surface area is 80.9 Å². The van der Waals surface area contributed by atoms with E-state index in [2.05, 4.69) is 15.6 Å². The molecule has 0 amide bonds. The fraction of sp³-hybridized carbons (Fsp3) is 0.250. The van der Waals surface area contributed by atoms with Crippen LogP contribution in [-0.4, -0.2) is 21.0 Å². The molecule has 1 unspecified atom stereocenters. The van der Waals surface area contributed by atoms with Crippen molar-refractivity contribution >= 4 is 17.3 Å². The molecule has 0 radical (unpaired) electrons. The highest BCUT2D eigenvalue weighted by Gasteiger charge is 2.08. The lowest BCUT2D eigenvalue weighted by Crippen LogP contribution is -2.21. The standard InChI is InChI=1S/C8H9ClN4/c1-13-5-6(4-10-13)7-2-3-8(9)12-11-7/h2-5,8,12H,1H3. The maximum absolute atomic E-state index is 5.75. The van der Waals surface area contributed by atoms with Crippen molar-refractivity contribution in [2.24, 2.45) is 12.1 Å². The number of hydrazone groups is 1. The first-order valence-corrected chi connectivity index (χ1v) is 4.34. The molecule has 13 heavy (non-hydrogen) atoms. The molecule has 2 rings (SSSR count). The monoisotopic (exact) mass is 196 g/mol. The van der Waals surface area contributed by atoms with Crippen molar-refractivity contribution in [3.63, 3.8) is 0 Å². The predicted octanol–water partition coefficient (Wildman–Crippen LogP) is 0.849. The molecule has 0 spiro atoms. The number of aryl methyl sites for hydroxylation is 1. The fourth-order valence-electron chi connectivity index (χ4n) is 1.10. The van der Waals surface area contributed by atoms with Crippen LogP contribution in [0, 0.1) is 0 Å². The number of nitrogens with zero attached hydrogens (tertiary/aromatic N) is 3. The molecule has 1 N–H and O–H groups in total. The zero-order valence-electron chi connectivity index (χ0n) is 7.11. The van der Waals surface area contributed by atoms with Gasteiger partial charge in [0.2, 0.25) is 0 Å². The second kappa shape index (κ2) is 3.22. The van der Waals surface area contributed by atoms with Crippen LogP contribution in [0.25, 0.3) is 0 Å². The third-order valence-corrected chi connectivity index (χ3v) is 1.98. The molecule has 0 fully saturated rings. The summed E-state index contributed by atoms with van der Waals surface area (Å²) in [7, 11) is 1.87. The van der Waals surface area contributed by atoms with Crippen molar-refractivity contribution in [1.29, 1.82) is 0 Å². The van der Waals surface area contributed by atoms with Crippen LogP contribution >= 0.6 is 11.6 Å². The molecular weight excluding hydrogens is 188 g/mol. The molecule has 68 valence electrons. The summed E-state index contributed by atoms with van der Waals surface area (Å²) < 4.78 is 1.73. The molecule has 0 saturated heterocycles. The number of halogens is 1. The van der Waals surface area contributed by atoms with E-state index < -0.39 is 0 Å². The molecular formula is C8H9ClN4. The zero-order valence-corrected chi connectivity index (χ0v) is 7.86. The van der Waals surface area contributed by atoms with Gasteiger partial charge in [-0.3, -0.25) is 10.1 Å². The van der Waals surface area contributed by atoms with Crippen LogP contribution in [0.15, 0.2) is 29.6 Å². The predicted molar refractivity (Wildman–Crippen MR) is 51.7 cm³/mol. The van der Waals surface area contributed by atoms with Gasteiger partial charge in [-0.05, 0) is 12.2 Å². The summed E-state index contributed by atoms with van der Waals surface area (Å²) in [5.41, 5.74) is 4.39. The van der Waals surface area contributed by atoms with Crippen LogP contribution in [0.3, 0.4) is 0 Å². The molecule has 4 nitrogen and oxygen atoms in total. The van der Waals surface area contributed by atoms with E-state index in [0.717, 1.165) is 11.3 Å². The number of hydrogen-bond donors (Lipinski definition) is 1. The lowest BCUT2D eigenvalue weighted by Gasteiger charge is -2.09. The van der Waals surface area contributed by atoms with Gasteiger partial charge in [-0.2, -0.15) is 10.2 Å². The maximum Gasteiger partial charge on any atom is 0.136 e. The molecule has 5 heteroatoms. The molecule has 1 atom stereocenters. The average Bonchev–Trinajstić information content (AvgIpc) is 2.53. The second-order valence-electron chi connectivity index (χ2n) is 2.79. The molecule has 1 aliphatic heterocycles. The Bertz CT molecular complexity index is 366. The Morgan fingerprint density at radius 1 is 1.62 bits per heavy atom. The summed E-state index contributed by atoms with van der Waals surface area (Å²) in [6, 6.07) is 0. The molecule has 2 heterocycles. The molecule has 0 bridgehead atoms. The summed E-state index contributed by atoms with van der Waals surface area (Å²) in [4.78, 5) is 0. The maximum atomic E-state index is 5.75. The van der Waals surface area contributed by atoms with E-state index in [1.807, 2.05) is 25.4 Å². The Morgan fingerprint density at radius 2 is 2.46 bits per heavy atom. The number of hydrogen-bond acceptors (Lipinski definition) is 3. The highest BCUT2D eigenvalue weighted by Crippen LogP contribution is 2.06. The molecule has 0 aromatic carbocycles. The molecule has 0 saturated carbocycles. The van der Waals surface area contributed by atoms with E-state index in [4.69, 9.17) is 11.6 Å². The normalized spacial score (nSPS) is 21.1. The quantitative estimate of drug-likeness (QED) is 0.535. The van der Waals surface area contributed by atoms with E-state index in [9.17, 15) is 0 Å². The van der Waals surface area contributed by atoms with Gasteiger partial charge >= 0.3 is 0 Å². The molecule has 1 aliphatic rings. The first kappa shape index (κ1) is 8.31. The van der Waals surface area contributed by atoms with Crippen LogP contribution in [0.2, 0.25) is 0 Å². The minimum Gasteiger partial charge on any atom is -0.288 e. The SMILES string of the molecule is Cn1cc(C2=NNC(Cl)C=C2)cn1. The summed E-state index contributed by atoms with van der Waals surface area (Å²) in [5, 5.41) is 8.14. The lowest BCUT2D eigenvalue weighted by molar-refractivity contribution is 0.764. The summed E-state index contributed by atoms with van der Waals surface area (Å²) >= 11 is 5.75. The van der Waals surface area contributed by atoms with Gasteiger partial charge in [-0.1, -0.05) is 11.6 Å². The highest BCUT2D eigenvalue weighted by atomic mass is 35.5. The van der Waals surface area contributed by atoms with Crippen molar-refractivity contribution in [2.75, 3.05) is 0 Å². The number of nitrogens with one attached hydrogen (secondary N) is 1. The van der Waals surface area contributed by atoms with Crippen molar-refractivity contribution in [2.45, 2.75) is 5.50 Å². The third-order valence-electron chi connectivity index (χ3n) is 1.73. The van der Waals surface area contributed by atoms with Gasteiger partial charge in [0.1, 0.15) is 5.50 Å². The van der Waals surface area contributed by atoms with E-state index >= 15 is 0 Å². The minimum atomic E-state index is -0.208. The van der Waals surface area contributed by atoms with Gasteiger partial charge in [0, 0.05) is 18.8 Å². The molecule has 1 aromatic heterocycles. The van der Waals surface area contributed by atoms with Crippen LogP contribution in [0.4, 0.5) is 0 Å². The van der Waals surface area contributed by atoms with E-state index in [-0.39, 0.29) is 5.50 Å². The summed E-state index contributed by atoms with van der Waals surface area (Å²) in [6.45, 7) is 0. The second-order valence-corrected chi connectivity index (χ2v) is 3.26.